The summed E-state index contributed by atoms with van der Waals surface area (Å²) in [6.07, 6.45) is 2.20. The highest BCUT2D eigenvalue weighted by Crippen LogP contribution is 2.22. The van der Waals surface area contributed by atoms with Gasteiger partial charge in [0.15, 0.2) is 0 Å². The van der Waals surface area contributed by atoms with E-state index in [4.69, 9.17) is 10.5 Å². The highest BCUT2D eigenvalue weighted by atomic mass is 35.5. The van der Waals surface area contributed by atoms with Gasteiger partial charge in [-0.25, -0.2) is 0 Å². The van der Waals surface area contributed by atoms with Gasteiger partial charge in [0.05, 0.1) is 7.11 Å². The van der Waals surface area contributed by atoms with Crippen molar-refractivity contribution in [1.82, 2.24) is 0 Å². The number of benzene rings is 1. The van der Waals surface area contributed by atoms with Crippen molar-refractivity contribution in [3.63, 3.8) is 0 Å². The molecule has 0 bridgehead atoms. The predicted molar refractivity (Wildman–Crippen MR) is 71.2 cm³/mol. The molecule has 0 fully saturated rings. The molecule has 0 aliphatic rings. The van der Waals surface area contributed by atoms with Gasteiger partial charge in [0, 0.05) is 6.04 Å². The molecule has 0 saturated heterocycles. The molecule has 1 aromatic rings. The number of ether oxygens (including phenoxy) is 1. The maximum atomic E-state index is 6.11. The van der Waals surface area contributed by atoms with Crippen LogP contribution in [0.3, 0.4) is 0 Å². The van der Waals surface area contributed by atoms with Crippen LogP contribution >= 0.6 is 12.4 Å². The zero-order valence-electron chi connectivity index (χ0n) is 10.3. The Bertz CT molecular complexity index is 302. The second-order valence-electron chi connectivity index (χ2n) is 4.35. The van der Waals surface area contributed by atoms with Crippen molar-refractivity contribution < 1.29 is 4.74 Å². The highest BCUT2D eigenvalue weighted by Gasteiger charge is 2.07. The zero-order valence-corrected chi connectivity index (χ0v) is 11.1. The van der Waals surface area contributed by atoms with Crippen LogP contribution in [0.2, 0.25) is 0 Å². The largest absolute Gasteiger partial charge is 0.497 e. The lowest BCUT2D eigenvalue weighted by molar-refractivity contribution is 0.413. The van der Waals surface area contributed by atoms with E-state index in [9.17, 15) is 0 Å². The Labute approximate surface area is 105 Å². The zero-order chi connectivity index (χ0) is 11.3. The number of rotatable bonds is 5. The maximum Gasteiger partial charge on any atom is 0.119 e. The first kappa shape index (κ1) is 15.3. The number of halogens is 1. The molecular formula is C13H22ClNO. The second kappa shape index (κ2) is 7.53. The smallest absolute Gasteiger partial charge is 0.119 e. The molecule has 0 radical (unpaired) electrons. The number of hydrogen-bond donors (Lipinski definition) is 1. The summed E-state index contributed by atoms with van der Waals surface area (Å²) in [7, 11) is 1.68. The van der Waals surface area contributed by atoms with E-state index < -0.39 is 0 Å². The first-order valence-corrected chi connectivity index (χ1v) is 5.53. The van der Waals surface area contributed by atoms with Crippen LogP contribution in [0.15, 0.2) is 24.3 Å². The van der Waals surface area contributed by atoms with E-state index in [1.165, 1.54) is 6.42 Å². The molecule has 0 aliphatic heterocycles. The van der Waals surface area contributed by atoms with Gasteiger partial charge in [0.2, 0.25) is 0 Å². The maximum absolute atomic E-state index is 6.11. The first-order valence-electron chi connectivity index (χ1n) is 5.53. The summed E-state index contributed by atoms with van der Waals surface area (Å²) in [6, 6.07) is 8.14. The Morgan fingerprint density at radius 3 is 2.50 bits per heavy atom. The summed E-state index contributed by atoms with van der Waals surface area (Å²) in [6.45, 7) is 4.44. The van der Waals surface area contributed by atoms with E-state index in [1.54, 1.807) is 7.11 Å². The minimum absolute atomic E-state index is 0. The van der Waals surface area contributed by atoms with Crippen molar-refractivity contribution in [1.29, 1.82) is 0 Å². The van der Waals surface area contributed by atoms with Crippen molar-refractivity contribution in [2.24, 2.45) is 11.7 Å². The van der Waals surface area contributed by atoms with Gasteiger partial charge < -0.3 is 10.5 Å². The molecule has 2 nitrogen and oxygen atoms in total. The number of methoxy groups -OCH3 is 1. The molecule has 0 unspecified atom stereocenters. The molecule has 0 amide bonds. The summed E-state index contributed by atoms with van der Waals surface area (Å²) in [5, 5.41) is 0. The predicted octanol–water partition coefficient (Wildman–Crippen LogP) is 3.55. The summed E-state index contributed by atoms with van der Waals surface area (Å²) in [5.41, 5.74) is 7.27. The van der Waals surface area contributed by atoms with Crippen LogP contribution in [0.4, 0.5) is 0 Å². The fourth-order valence-electron chi connectivity index (χ4n) is 1.55. The molecule has 0 spiro atoms. The van der Waals surface area contributed by atoms with Crippen LogP contribution in [-0.2, 0) is 0 Å². The van der Waals surface area contributed by atoms with E-state index in [1.807, 2.05) is 18.2 Å². The van der Waals surface area contributed by atoms with Crippen LogP contribution in [0.5, 0.6) is 5.75 Å². The Morgan fingerprint density at radius 1 is 1.25 bits per heavy atom. The molecular weight excluding hydrogens is 222 g/mol. The first-order chi connectivity index (χ1) is 7.13. The van der Waals surface area contributed by atoms with E-state index in [0.717, 1.165) is 17.7 Å². The SMILES string of the molecule is COc1cccc([C@@H](N)CCC(C)C)c1.Cl. The van der Waals surface area contributed by atoms with Gasteiger partial charge in [-0.1, -0.05) is 26.0 Å². The minimum atomic E-state index is 0. The van der Waals surface area contributed by atoms with Crippen LogP contribution in [0.1, 0.15) is 38.3 Å². The van der Waals surface area contributed by atoms with Gasteiger partial charge in [0.1, 0.15) is 5.75 Å². The highest BCUT2D eigenvalue weighted by molar-refractivity contribution is 5.85. The fraction of sp³-hybridized carbons (Fsp3) is 0.538. The standard InChI is InChI=1S/C13H21NO.ClH/c1-10(2)7-8-13(14)11-5-4-6-12(9-11)15-3;/h4-6,9-10,13H,7-8,14H2,1-3H3;1H/t13-;/m0./s1. The minimum Gasteiger partial charge on any atom is -0.497 e. The third kappa shape index (κ3) is 4.86. The molecule has 1 aromatic carbocycles. The molecule has 3 heteroatoms. The fourth-order valence-corrected chi connectivity index (χ4v) is 1.55. The van der Waals surface area contributed by atoms with E-state index >= 15 is 0 Å². The molecule has 0 heterocycles. The van der Waals surface area contributed by atoms with E-state index in [-0.39, 0.29) is 18.4 Å². The van der Waals surface area contributed by atoms with Crippen molar-refractivity contribution >= 4 is 12.4 Å². The molecule has 0 aliphatic carbocycles. The average Bonchev–Trinajstić information content (AvgIpc) is 2.26. The molecule has 1 atom stereocenters. The Morgan fingerprint density at radius 2 is 1.94 bits per heavy atom. The normalized spacial score (nSPS) is 12.1. The monoisotopic (exact) mass is 243 g/mol. The molecule has 1 rings (SSSR count). The molecule has 2 N–H and O–H groups in total. The molecule has 16 heavy (non-hydrogen) atoms. The quantitative estimate of drug-likeness (QED) is 0.859. The van der Waals surface area contributed by atoms with E-state index in [0.29, 0.717) is 5.92 Å². The summed E-state index contributed by atoms with van der Waals surface area (Å²) >= 11 is 0. The van der Waals surface area contributed by atoms with Crippen LogP contribution < -0.4 is 10.5 Å². The molecule has 0 aromatic heterocycles. The third-order valence-corrected chi connectivity index (χ3v) is 2.58. The third-order valence-electron chi connectivity index (χ3n) is 2.58. The summed E-state index contributed by atoms with van der Waals surface area (Å²) in [5.74, 6) is 1.59. The van der Waals surface area contributed by atoms with Crippen molar-refractivity contribution in [2.75, 3.05) is 7.11 Å². The van der Waals surface area contributed by atoms with Gasteiger partial charge >= 0.3 is 0 Å². The molecule has 92 valence electrons. The van der Waals surface area contributed by atoms with Gasteiger partial charge in [-0.05, 0) is 36.5 Å². The van der Waals surface area contributed by atoms with Crippen molar-refractivity contribution in [3.05, 3.63) is 29.8 Å². The lowest BCUT2D eigenvalue weighted by atomic mass is 9.98. The lowest BCUT2D eigenvalue weighted by Crippen LogP contribution is -2.11. The van der Waals surface area contributed by atoms with Gasteiger partial charge in [-0.15, -0.1) is 12.4 Å². The number of nitrogens with two attached hydrogens (primary N) is 1. The van der Waals surface area contributed by atoms with Gasteiger partial charge in [0.25, 0.3) is 0 Å². The van der Waals surface area contributed by atoms with Crippen LogP contribution in [0, 0.1) is 5.92 Å². The van der Waals surface area contributed by atoms with Crippen molar-refractivity contribution in [2.45, 2.75) is 32.7 Å². The van der Waals surface area contributed by atoms with Crippen LogP contribution in [0.25, 0.3) is 0 Å². The number of hydrogen-bond acceptors (Lipinski definition) is 2. The Kier molecular flexibility index (Phi) is 7.18. The molecule has 0 saturated carbocycles. The Hall–Kier alpha value is -0.730. The van der Waals surface area contributed by atoms with E-state index in [2.05, 4.69) is 19.9 Å². The van der Waals surface area contributed by atoms with Crippen molar-refractivity contribution in [3.8, 4) is 5.75 Å². The average molecular weight is 244 g/mol. The Balaban J connectivity index is 0.00000225. The topological polar surface area (TPSA) is 35.2 Å². The summed E-state index contributed by atoms with van der Waals surface area (Å²) in [4.78, 5) is 0. The van der Waals surface area contributed by atoms with Gasteiger partial charge in [-0.2, -0.15) is 0 Å². The van der Waals surface area contributed by atoms with Gasteiger partial charge in [-0.3, -0.25) is 0 Å². The second-order valence-corrected chi connectivity index (χ2v) is 4.35. The lowest BCUT2D eigenvalue weighted by Gasteiger charge is -2.14. The summed E-state index contributed by atoms with van der Waals surface area (Å²) < 4.78 is 5.18. The van der Waals surface area contributed by atoms with Crippen LogP contribution in [-0.4, -0.2) is 7.11 Å².